The molecule has 0 aliphatic carbocycles. The summed E-state index contributed by atoms with van der Waals surface area (Å²) >= 11 is 2.05. The first-order valence-electron chi connectivity index (χ1n) is 1.76. The van der Waals surface area contributed by atoms with Crippen molar-refractivity contribution in [2.45, 2.75) is 0 Å². The maximum atomic E-state index is 9.69. The normalized spacial score (nSPS) is 8.71. The minimum Gasteiger partial charge on any atom is -0.480 e. The number of halogens is 1. The molecule has 0 aromatic heterocycles. The molecule has 0 rings (SSSR count). The number of carbonyl (C=O) groups is 1. The second-order valence-electron chi connectivity index (χ2n) is 0.954. The zero-order chi connectivity index (χ0) is 5.70. The Hall–Kier alpha value is 0.160. The Morgan fingerprint density at radius 2 is 2.43 bits per heavy atom. The first-order chi connectivity index (χ1) is 3.27. The molecule has 0 saturated heterocycles. The van der Waals surface area contributed by atoms with Crippen molar-refractivity contribution in [1.29, 1.82) is 0 Å². The fraction of sp³-hybridized carbons (Fsp3) is 0.667. The first kappa shape index (κ1) is 7.16. The van der Waals surface area contributed by atoms with Gasteiger partial charge < -0.3 is 5.11 Å². The molecule has 0 aromatic rings. The third-order valence-corrected chi connectivity index (χ3v) is 0.910. The highest BCUT2D eigenvalue weighted by atomic mass is 127. The maximum absolute atomic E-state index is 9.69. The van der Waals surface area contributed by atoms with Crippen LogP contribution in [0, 0.1) is 0 Å². The highest BCUT2D eigenvalue weighted by molar-refractivity contribution is 14.1. The van der Waals surface area contributed by atoms with Crippen LogP contribution in [-0.2, 0) is 4.79 Å². The molecule has 0 saturated carbocycles. The molecule has 0 aromatic carbocycles. The van der Waals surface area contributed by atoms with Gasteiger partial charge in [0.1, 0.15) is 0 Å². The maximum Gasteiger partial charge on any atom is 0.317 e. The monoisotopic (exact) mass is 215 g/mol. The SMILES string of the molecule is O=C(O)CNCI. The smallest absolute Gasteiger partial charge is 0.317 e. The Morgan fingerprint density at radius 1 is 1.86 bits per heavy atom. The van der Waals surface area contributed by atoms with Crippen LogP contribution < -0.4 is 5.32 Å². The lowest BCUT2D eigenvalue weighted by molar-refractivity contribution is -0.135. The van der Waals surface area contributed by atoms with E-state index >= 15 is 0 Å². The minimum absolute atomic E-state index is 0.0585. The van der Waals surface area contributed by atoms with Crippen molar-refractivity contribution in [2.75, 3.05) is 11.1 Å². The third-order valence-electron chi connectivity index (χ3n) is 0.371. The standard InChI is InChI=1S/C3H6INO2/c4-2-5-1-3(6)7/h5H,1-2H2,(H,6,7). The van der Waals surface area contributed by atoms with E-state index in [9.17, 15) is 4.79 Å². The Bertz CT molecular complexity index is 66.0. The van der Waals surface area contributed by atoms with Crippen LogP contribution in [0.2, 0.25) is 0 Å². The van der Waals surface area contributed by atoms with E-state index in [0.29, 0.717) is 4.55 Å². The molecule has 0 radical (unpaired) electrons. The molecule has 0 spiro atoms. The van der Waals surface area contributed by atoms with Gasteiger partial charge in [0, 0.05) is 4.55 Å². The van der Waals surface area contributed by atoms with E-state index in [1.165, 1.54) is 0 Å². The van der Waals surface area contributed by atoms with E-state index in [1.807, 2.05) is 22.6 Å². The summed E-state index contributed by atoms with van der Waals surface area (Å²) in [6.07, 6.45) is 0. The predicted octanol–water partition coefficient (Wildman–Crippen LogP) is 0.0531. The molecule has 2 N–H and O–H groups in total. The number of carboxylic acids is 1. The van der Waals surface area contributed by atoms with Gasteiger partial charge in [-0.15, -0.1) is 0 Å². The summed E-state index contributed by atoms with van der Waals surface area (Å²) in [7, 11) is 0. The highest BCUT2D eigenvalue weighted by Gasteiger charge is 1.89. The van der Waals surface area contributed by atoms with Crippen LogP contribution in [0.5, 0.6) is 0 Å². The lowest BCUT2D eigenvalue weighted by Crippen LogP contribution is -2.20. The number of hydrogen-bond acceptors (Lipinski definition) is 2. The van der Waals surface area contributed by atoms with Gasteiger partial charge in [0.2, 0.25) is 0 Å². The summed E-state index contributed by atoms with van der Waals surface area (Å²) in [5.74, 6) is -0.809. The zero-order valence-electron chi connectivity index (χ0n) is 3.65. The van der Waals surface area contributed by atoms with Crippen molar-refractivity contribution in [1.82, 2.24) is 5.32 Å². The molecule has 4 heteroatoms. The van der Waals surface area contributed by atoms with Gasteiger partial charge in [-0.25, -0.2) is 0 Å². The lowest BCUT2D eigenvalue weighted by atomic mass is 10.7. The lowest BCUT2D eigenvalue weighted by Gasteiger charge is -1.89. The van der Waals surface area contributed by atoms with Crippen molar-refractivity contribution in [3.8, 4) is 0 Å². The number of hydrogen-bond donors (Lipinski definition) is 2. The summed E-state index contributed by atoms with van der Waals surface area (Å²) in [4.78, 5) is 9.69. The molecule has 0 bridgehead atoms. The van der Waals surface area contributed by atoms with Crippen molar-refractivity contribution in [3.63, 3.8) is 0 Å². The van der Waals surface area contributed by atoms with Gasteiger partial charge >= 0.3 is 5.97 Å². The molecule has 0 heterocycles. The van der Waals surface area contributed by atoms with Crippen LogP contribution >= 0.6 is 22.6 Å². The summed E-state index contributed by atoms with van der Waals surface area (Å²) in [6.45, 7) is 0.0585. The highest BCUT2D eigenvalue weighted by Crippen LogP contribution is 1.70. The van der Waals surface area contributed by atoms with E-state index in [0.717, 1.165) is 0 Å². The minimum atomic E-state index is -0.809. The molecule has 0 amide bonds. The van der Waals surface area contributed by atoms with Crippen molar-refractivity contribution in [3.05, 3.63) is 0 Å². The molecule has 7 heavy (non-hydrogen) atoms. The fourth-order valence-electron chi connectivity index (χ4n) is 0.154. The predicted molar refractivity (Wildman–Crippen MR) is 34.5 cm³/mol. The molecule has 0 aliphatic heterocycles. The van der Waals surface area contributed by atoms with E-state index in [4.69, 9.17) is 5.11 Å². The second-order valence-corrected chi connectivity index (χ2v) is 1.72. The molecule has 0 atom stereocenters. The van der Waals surface area contributed by atoms with Crippen LogP contribution in [0.4, 0.5) is 0 Å². The van der Waals surface area contributed by atoms with E-state index in [1.54, 1.807) is 0 Å². The van der Waals surface area contributed by atoms with E-state index in [2.05, 4.69) is 5.32 Å². The molecular weight excluding hydrogens is 209 g/mol. The van der Waals surface area contributed by atoms with Crippen LogP contribution in [0.1, 0.15) is 0 Å². The Morgan fingerprint density at radius 3 is 2.57 bits per heavy atom. The van der Waals surface area contributed by atoms with E-state index < -0.39 is 5.97 Å². The Kier molecular flexibility index (Phi) is 4.42. The molecule has 0 aliphatic rings. The number of carboxylic acid groups (broad SMARTS) is 1. The second kappa shape index (κ2) is 4.32. The van der Waals surface area contributed by atoms with Crippen molar-refractivity contribution >= 4 is 28.6 Å². The average molecular weight is 215 g/mol. The quantitative estimate of drug-likeness (QED) is 0.397. The topological polar surface area (TPSA) is 49.3 Å². The fourth-order valence-corrected chi connectivity index (χ4v) is 0.424. The Labute approximate surface area is 55.2 Å². The van der Waals surface area contributed by atoms with E-state index in [-0.39, 0.29) is 6.54 Å². The zero-order valence-corrected chi connectivity index (χ0v) is 5.81. The molecule has 0 fully saturated rings. The third kappa shape index (κ3) is 6.16. The van der Waals surface area contributed by atoms with Gasteiger partial charge in [-0.2, -0.15) is 0 Å². The largest absolute Gasteiger partial charge is 0.480 e. The number of nitrogens with one attached hydrogen (secondary N) is 1. The summed E-state index contributed by atoms with van der Waals surface area (Å²) in [5, 5.41) is 10.6. The summed E-state index contributed by atoms with van der Waals surface area (Å²) in [5.41, 5.74) is 0. The first-order valence-corrected chi connectivity index (χ1v) is 3.28. The van der Waals surface area contributed by atoms with Gasteiger partial charge in [-0.3, -0.25) is 10.1 Å². The van der Waals surface area contributed by atoms with Crippen LogP contribution in [0.15, 0.2) is 0 Å². The van der Waals surface area contributed by atoms with Crippen molar-refractivity contribution < 1.29 is 9.90 Å². The van der Waals surface area contributed by atoms with Gasteiger partial charge in [-0.1, -0.05) is 22.6 Å². The summed E-state index contributed by atoms with van der Waals surface area (Å²) in [6, 6.07) is 0. The number of rotatable bonds is 3. The summed E-state index contributed by atoms with van der Waals surface area (Å²) < 4.78 is 0.685. The van der Waals surface area contributed by atoms with Gasteiger partial charge in [0.15, 0.2) is 0 Å². The molecule has 42 valence electrons. The molecular formula is C3H6INO2. The number of aliphatic carboxylic acids is 1. The van der Waals surface area contributed by atoms with Gasteiger partial charge in [0.05, 0.1) is 6.54 Å². The van der Waals surface area contributed by atoms with Gasteiger partial charge in [0.25, 0.3) is 0 Å². The van der Waals surface area contributed by atoms with Gasteiger partial charge in [-0.05, 0) is 0 Å². The van der Waals surface area contributed by atoms with Crippen LogP contribution in [-0.4, -0.2) is 22.2 Å². The number of alkyl halides is 1. The Balaban J connectivity index is 2.82. The van der Waals surface area contributed by atoms with Crippen LogP contribution in [0.3, 0.4) is 0 Å². The average Bonchev–Trinajstić information content (AvgIpc) is 1.61. The van der Waals surface area contributed by atoms with Crippen LogP contribution in [0.25, 0.3) is 0 Å². The van der Waals surface area contributed by atoms with Crippen molar-refractivity contribution in [2.24, 2.45) is 0 Å². The molecule has 3 nitrogen and oxygen atoms in total. The molecule has 0 unspecified atom stereocenters.